The van der Waals surface area contributed by atoms with Crippen LogP contribution in [-0.2, 0) is 17.6 Å². The summed E-state index contributed by atoms with van der Waals surface area (Å²) in [5.41, 5.74) is 0.311. The van der Waals surface area contributed by atoms with Crippen molar-refractivity contribution >= 4 is 5.91 Å². The van der Waals surface area contributed by atoms with Crippen molar-refractivity contribution in [1.29, 1.82) is 0 Å². The average molecular weight is 388 g/mol. The molecule has 3 N–H and O–H groups in total. The fourth-order valence-corrected chi connectivity index (χ4v) is 2.24. The van der Waals surface area contributed by atoms with Gasteiger partial charge in [-0.3, -0.25) is 9.78 Å². The van der Waals surface area contributed by atoms with E-state index in [4.69, 9.17) is 9.47 Å². The largest absolute Gasteiger partial charge is 0.493 e. The van der Waals surface area contributed by atoms with Crippen LogP contribution in [0.25, 0.3) is 0 Å². The topological polar surface area (TPSA) is 109 Å². The van der Waals surface area contributed by atoms with Gasteiger partial charge in [-0.05, 0) is 24.1 Å². The molecule has 0 aliphatic heterocycles. The highest BCUT2D eigenvalue weighted by atomic mass is 19.4. The summed E-state index contributed by atoms with van der Waals surface area (Å²) in [5.74, 6) is 0.388. The van der Waals surface area contributed by atoms with Gasteiger partial charge in [-0.1, -0.05) is 6.07 Å². The van der Waals surface area contributed by atoms with Crippen LogP contribution in [0, 0.1) is 0 Å². The molecule has 0 saturated heterocycles. The van der Waals surface area contributed by atoms with E-state index in [0.29, 0.717) is 25.2 Å². The number of aromatic nitrogens is 3. The quantitative estimate of drug-likeness (QED) is 0.601. The molecule has 2 aromatic rings. The molecule has 8 nitrogen and oxygen atoms in total. The highest BCUT2D eigenvalue weighted by molar-refractivity contribution is 5.76. The Labute approximate surface area is 152 Å². The van der Waals surface area contributed by atoms with Crippen molar-refractivity contribution in [3.8, 4) is 11.5 Å². The molecule has 1 aromatic carbocycles. The van der Waals surface area contributed by atoms with Crippen LogP contribution in [0.1, 0.15) is 17.8 Å². The number of carbonyl (C=O) groups excluding carboxylic acids is 1. The minimum Gasteiger partial charge on any atom is -0.493 e. The summed E-state index contributed by atoms with van der Waals surface area (Å²) in [6.07, 6.45) is -3.50. The molecule has 0 spiro atoms. The lowest BCUT2D eigenvalue weighted by Gasteiger charge is -2.13. The number of nitrogens with zero attached hydrogens (tertiary/aromatic N) is 1. The molecule has 2 rings (SSSR count). The number of halogens is 3. The van der Waals surface area contributed by atoms with Gasteiger partial charge in [0.2, 0.25) is 5.91 Å². The first-order valence-electron chi connectivity index (χ1n) is 8.03. The summed E-state index contributed by atoms with van der Waals surface area (Å²) in [6.45, 7) is -1.10. The van der Waals surface area contributed by atoms with Gasteiger partial charge in [0.1, 0.15) is 5.82 Å². The number of aromatic amines is 2. The number of H-pyrrole nitrogens is 2. The zero-order valence-corrected chi connectivity index (χ0v) is 14.5. The molecule has 1 aromatic heterocycles. The number of benzene rings is 1. The van der Waals surface area contributed by atoms with Gasteiger partial charge in [0.05, 0.1) is 7.11 Å². The van der Waals surface area contributed by atoms with E-state index < -0.39 is 18.5 Å². The van der Waals surface area contributed by atoms with Crippen molar-refractivity contribution in [3.63, 3.8) is 0 Å². The van der Waals surface area contributed by atoms with E-state index in [0.717, 1.165) is 5.56 Å². The molecule has 0 saturated carbocycles. The van der Waals surface area contributed by atoms with Gasteiger partial charge >= 0.3 is 11.9 Å². The molecule has 0 bridgehead atoms. The van der Waals surface area contributed by atoms with E-state index in [-0.39, 0.29) is 23.8 Å². The Morgan fingerprint density at radius 1 is 1.26 bits per heavy atom. The molecule has 1 amide bonds. The Morgan fingerprint density at radius 3 is 2.67 bits per heavy atom. The zero-order chi connectivity index (χ0) is 19.9. The summed E-state index contributed by atoms with van der Waals surface area (Å²) in [6, 6.07) is 4.50. The van der Waals surface area contributed by atoms with Crippen LogP contribution in [0.15, 0.2) is 23.0 Å². The molecule has 0 atom stereocenters. The second-order valence-corrected chi connectivity index (χ2v) is 5.61. The number of hydrogen-bond acceptors (Lipinski definition) is 5. The maximum Gasteiger partial charge on any atom is 0.422 e. The summed E-state index contributed by atoms with van der Waals surface area (Å²) in [5, 5.41) is 8.64. The van der Waals surface area contributed by atoms with Crippen LogP contribution in [0.5, 0.6) is 11.5 Å². The number of rotatable bonds is 9. The number of ether oxygens (including phenoxy) is 2. The van der Waals surface area contributed by atoms with Gasteiger partial charge in [-0.25, -0.2) is 9.89 Å². The third-order valence-corrected chi connectivity index (χ3v) is 3.49. The van der Waals surface area contributed by atoms with Crippen LogP contribution in [0.4, 0.5) is 13.2 Å². The van der Waals surface area contributed by atoms with Gasteiger partial charge in [0.15, 0.2) is 18.1 Å². The number of carbonyl (C=O) groups is 1. The van der Waals surface area contributed by atoms with Crippen LogP contribution >= 0.6 is 0 Å². The lowest BCUT2D eigenvalue weighted by Crippen LogP contribution is -2.26. The molecule has 0 unspecified atom stereocenters. The molecule has 0 aliphatic rings. The van der Waals surface area contributed by atoms with Gasteiger partial charge in [0.25, 0.3) is 0 Å². The van der Waals surface area contributed by atoms with Crippen LogP contribution < -0.4 is 20.5 Å². The summed E-state index contributed by atoms with van der Waals surface area (Å²) in [7, 11) is 1.33. The number of aryl methyl sites for hydroxylation is 1. The lowest BCUT2D eigenvalue weighted by molar-refractivity contribution is -0.153. The average Bonchev–Trinajstić information content (AvgIpc) is 3.03. The maximum atomic E-state index is 12.2. The van der Waals surface area contributed by atoms with E-state index in [1.165, 1.54) is 19.2 Å². The van der Waals surface area contributed by atoms with Crippen molar-refractivity contribution in [2.24, 2.45) is 0 Å². The van der Waals surface area contributed by atoms with Crippen molar-refractivity contribution < 1.29 is 27.4 Å². The molecular weight excluding hydrogens is 369 g/mol. The predicted octanol–water partition coefficient (Wildman–Crippen LogP) is 1.34. The molecule has 27 heavy (non-hydrogen) atoms. The third kappa shape index (κ3) is 7.04. The standard InChI is InChI=1S/C16H19F3N4O4/c1-26-12-8-10(2-4-11(12)27-9-16(17,18)19)3-5-14(24)20-7-6-13-21-15(25)23-22-13/h2,4,8H,3,5-7,9H2,1H3,(H,20,24)(H2,21,22,23,25). The molecular formula is C16H19F3N4O4. The second-order valence-electron chi connectivity index (χ2n) is 5.61. The van der Waals surface area contributed by atoms with Crippen LogP contribution in [0.2, 0.25) is 0 Å². The number of nitrogens with one attached hydrogen (secondary N) is 3. The SMILES string of the molecule is COc1cc(CCC(=O)NCCc2n[nH]c(=O)[nH]2)ccc1OCC(F)(F)F. The van der Waals surface area contributed by atoms with Crippen molar-refractivity contribution in [2.75, 3.05) is 20.3 Å². The lowest BCUT2D eigenvalue weighted by atomic mass is 10.1. The second kappa shape index (κ2) is 9.10. The highest BCUT2D eigenvalue weighted by Crippen LogP contribution is 2.30. The Kier molecular flexibility index (Phi) is 6.85. The fraction of sp³-hybridized carbons (Fsp3) is 0.438. The van der Waals surface area contributed by atoms with Gasteiger partial charge in [-0.15, -0.1) is 0 Å². The molecule has 0 fully saturated rings. The summed E-state index contributed by atoms with van der Waals surface area (Å²) in [4.78, 5) is 25.2. The van der Waals surface area contributed by atoms with Gasteiger partial charge < -0.3 is 14.8 Å². The van der Waals surface area contributed by atoms with E-state index in [2.05, 4.69) is 20.5 Å². The molecule has 148 valence electrons. The molecule has 0 aliphatic carbocycles. The Hall–Kier alpha value is -2.98. The number of amides is 1. The first-order chi connectivity index (χ1) is 12.8. The molecule has 0 radical (unpaired) electrons. The smallest absolute Gasteiger partial charge is 0.422 e. The third-order valence-electron chi connectivity index (χ3n) is 3.49. The Morgan fingerprint density at radius 2 is 2.04 bits per heavy atom. The highest BCUT2D eigenvalue weighted by Gasteiger charge is 2.29. The number of hydrogen-bond donors (Lipinski definition) is 3. The normalized spacial score (nSPS) is 11.3. The Balaban J connectivity index is 1.80. The van der Waals surface area contributed by atoms with Crippen LogP contribution in [0.3, 0.4) is 0 Å². The van der Waals surface area contributed by atoms with E-state index >= 15 is 0 Å². The Bertz CT molecular complexity index is 816. The fourth-order valence-electron chi connectivity index (χ4n) is 2.24. The number of alkyl halides is 3. The van der Waals surface area contributed by atoms with Crippen molar-refractivity contribution in [3.05, 3.63) is 40.1 Å². The van der Waals surface area contributed by atoms with E-state index in [1.54, 1.807) is 6.07 Å². The molecule has 1 heterocycles. The monoisotopic (exact) mass is 388 g/mol. The first kappa shape index (κ1) is 20.3. The van der Waals surface area contributed by atoms with Gasteiger partial charge in [-0.2, -0.15) is 18.3 Å². The predicted molar refractivity (Wildman–Crippen MR) is 88.8 cm³/mol. The van der Waals surface area contributed by atoms with Crippen LogP contribution in [-0.4, -0.2) is 47.5 Å². The van der Waals surface area contributed by atoms with Gasteiger partial charge in [0, 0.05) is 19.4 Å². The minimum atomic E-state index is -4.44. The van der Waals surface area contributed by atoms with Crippen molar-refractivity contribution in [2.45, 2.75) is 25.4 Å². The maximum absolute atomic E-state index is 12.2. The zero-order valence-electron chi connectivity index (χ0n) is 14.5. The van der Waals surface area contributed by atoms with E-state index in [1.807, 2.05) is 0 Å². The number of methoxy groups -OCH3 is 1. The first-order valence-corrected chi connectivity index (χ1v) is 8.03. The minimum absolute atomic E-state index is 0.0176. The summed E-state index contributed by atoms with van der Waals surface area (Å²) < 4.78 is 46.5. The van der Waals surface area contributed by atoms with Crippen molar-refractivity contribution in [1.82, 2.24) is 20.5 Å². The summed E-state index contributed by atoms with van der Waals surface area (Å²) >= 11 is 0. The molecule has 11 heteroatoms. The van der Waals surface area contributed by atoms with E-state index in [9.17, 15) is 22.8 Å².